The molecule has 7 heteroatoms. The van der Waals surface area contributed by atoms with Crippen LogP contribution in [0.3, 0.4) is 0 Å². The van der Waals surface area contributed by atoms with Crippen molar-refractivity contribution in [2.24, 2.45) is 10.7 Å². The van der Waals surface area contributed by atoms with Gasteiger partial charge < -0.3 is 5.73 Å². The lowest BCUT2D eigenvalue weighted by Crippen LogP contribution is -2.07. The Kier molecular flexibility index (Phi) is 15.2. The van der Waals surface area contributed by atoms with Gasteiger partial charge in [0, 0.05) is 13.5 Å². The minimum absolute atomic E-state index is 0.780. The van der Waals surface area contributed by atoms with Crippen LogP contribution in [0, 0.1) is 6.92 Å². The third-order valence-electron chi connectivity index (χ3n) is 3.52. The molecule has 2 aromatic rings. The molecule has 2 rings (SSSR count). The fraction of sp³-hybridized carbons (Fsp3) is 0.455. The Bertz CT molecular complexity index is 805. The molecule has 2 N–H and O–H groups in total. The van der Waals surface area contributed by atoms with Crippen LogP contribution in [-0.2, 0) is 12.8 Å². The molecule has 0 aliphatic carbocycles. The number of thioether (sulfide) groups is 1. The second-order valence-electron chi connectivity index (χ2n) is 5.70. The highest BCUT2D eigenvalue weighted by Gasteiger charge is 2.13. The summed E-state index contributed by atoms with van der Waals surface area (Å²) in [6.45, 7) is 13.3. The molecule has 0 spiro atoms. The number of aliphatic imine (C=N–C) groups is 1. The number of aryl methyl sites for hydroxylation is 2. The summed E-state index contributed by atoms with van der Waals surface area (Å²) in [5.74, 6) is 0.780. The van der Waals surface area contributed by atoms with E-state index < -0.39 is 0 Å². The molecule has 0 unspecified atom stereocenters. The Labute approximate surface area is 180 Å². The normalized spacial score (nSPS) is 11.3. The minimum Gasteiger partial charge on any atom is -0.405 e. The Hall–Kier alpha value is -2.41. The molecule has 6 nitrogen and oxygen atoms in total. The highest BCUT2D eigenvalue weighted by molar-refractivity contribution is 8.15. The van der Waals surface area contributed by atoms with Crippen LogP contribution < -0.4 is 5.73 Å². The van der Waals surface area contributed by atoms with Crippen molar-refractivity contribution in [3.8, 4) is 0 Å². The number of fused-ring (bicyclic) bond motifs is 1. The predicted octanol–water partition coefficient (Wildman–Crippen LogP) is 5.28. The highest BCUT2D eigenvalue weighted by atomic mass is 32.2. The van der Waals surface area contributed by atoms with Crippen molar-refractivity contribution in [1.82, 2.24) is 19.6 Å². The van der Waals surface area contributed by atoms with Gasteiger partial charge in [-0.05, 0) is 37.8 Å². The maximum Gasteiger partial charge on any atom is 0.174 e. The third kappa shape index (κ3) is 9.56. The standard InChI is InChI=1S/C18H25N5S.C2H5N.C2H6/c1-5-7-8-10-15(24-13-19-4)11-16-17(9-6-2)23-18(12-20-16)21-14(3)22-23;1-2-3;1-2/h5,7,10,12-13H,6,8-9,11H2,1-4H3;2H,1,3H2;1-2H3/b7-5-,15-10+,19-13?;;. The fourth-order valence-electron chi connectivity index (χ4n) is 2.46. The van der Waals surface area contributed by atoms with Gasteiger partial charge in [-0.3, -0.25) is 9.98 Å². The van der Waals surface area contributed by atoms with Crippen LogP contribution >= 0.6 is 11.8 Å². The minimum atomic E-state index is 0.780. The first-order valence-electron chi connectivity index (χ1n) is 10.0. The summed E-state index contributed by atoms with van der Waals surface area (Å²) in [6, 6.07) is 0. The maximum atomic E-state index is 4.67. The Morgan fingerprint density at radius 2 is 2.07 bits per heavy atom. The zero-order valence-corrected chi connectivity index (χ0v) is 19.5. The molecule has 160 valence electrons. The number of aromatic nitrogens is 4. The van der Waals surface area contributed by atoms with Gasteiger partial charge in [0.2, 0.25) is 0 Å². The van der Waals surface area contributed by atoms with Crippen LogP contribution in [0.15, 0.2) is 47.1 Å². The lowest BCUT2D eigenvalue weighted by molar-refractivity contribution is 0.766. The number of nitrogens with two attached hydrogens (primary N) is 1. The first-order chi connectivity index (χ1) is 14.1. The van der Waals surface area contributed by atoms with Crippen molar-refractivity contribution in [3.05, 3.63) is 59.3 Å². The van der Waals surface area contributed by atoms with Crippen LogP contribution in [0.5, 0.6) is 0 Å². The van der Waals surface area contributed by atoms with E-state index in [1.807, 2.05) is 44.0 Å². The van der Waals surface area contributed by atoms with Gasteiger partial charge >= 0.3 is 0 Å². The molecular weight excluding hydrogens is 380 g/mol. The summed E-state index contributed by atoms with van der Waals surface area (Å²) >= 11 is 1.65. The van der Waals surface area contributed by atoms with E-state index >= 15 is 0 Å². The average molecular weight is 417 g/mol. The van der Waals surface area contributed by atoms with Gasteiger partial charge in [0.25, 0.3) is 0 Å². The van der Waals surface area contributed by atoms with Crippen molar-refractivity contribution >= 4 is 23.0 Å². The van der Waals surface area contributed by atoms with Crippen LogP contribution in [0.4, 0.5) is 0 Å². The second-order valence-corrected chi connectivity index (χ2v) is 6.67. The van der Waals surface area contributed by atoms with Gasteiger partial charge in [-0.2, -0.15) is 5.10 Å². The summed E-state index contributed by atoms with van der Waals surface area (Å²) in [4.78, 5) is 14.4. The smallest absolute Gasteiger partial charge is 0.174 e. The monoisotopic (exact) mass is 416 g/mol. The molecule has 0 saturated heterocycles. The van der Waals surface area contributed by atoms with Crippen molar-refractivity contribution in [2.75, 3.05) is 7.05 Å². The molecule has 0 radical (unpaired) electrons. The van der Waals surface area contributed by atoms with E-state index in [0.717, 1.165) is 48.5 Å². The fourth-order valence-corrected chi connectivity index (χ4v) is 3.12. The Morgan fingerprint density at radius 3 is 2.66 bits per heavy atom. The van der Waals surface area contributed by atoms with E-state index in [1.165, 1.54) is 11.1 Å². The van der Waals surface area contributed by atoms with Gasteiger partial charge in [0.1, 0.15) is 5.82 Å². The molecule has 0 aliphatic heterocycles. The van der Waals surface area contributed by atoms with Crippen LogP contribution in [0.25, 0.3) is 5.65 Å². The molecule has 0 bridgehead atoms. The van der Waals surface area contributed by atoms with Crippen molar-refractivity contribution < 1.29 is 0 Å². The molecule has 0 amide bonds. The van der Waals surface area contributed by atoms with Gasteiger partial charge in [-0.25, -0.2) is 9.50 Å². The molecule has 2 heterocycles. The van der Waals surface area contributed by atoms with E-state index in [2.05, 4.69) is 57.5 Å². The van der Waals surface area contributed by atoms with Crippen molar-refractivity contribution in [3.63, 3.8) is 0 Å². The molecule has 0 aliphatic rings. The average Bonchev–Trinajstić information content (AvgIpc) is 3.10. The van der Waals surface area contributed by atoms with E-state index in [4.69, 9.17) is 0 Å². The molecule has 0 aromatic carbocycles. The number of nitrogens with zero attached hydrogens (tertiary/aromatic N) is 5. The molecule has 2 aromatic heterocycles. The summed E-state index contributed by atoms with van der Waals surface area (Å²) in [5, 5.41) is 4.54. The van der Waals surface area contributed by atoms with E-state index in [1.54, 1.807) is 18.8 Å². The topological polar surface area (TPSA) is 81.5 Å². The van der Waals surface area contributed by atoms with Crippen molar-refractivity contribution in [2.45, 2.75) is 60.3 Å². The molecule has 0 fully saturated rings. The lowest BCUT2D eigenvalue weighted by atomic mass is 10.1. The Morgan fingerprint density at radius 1 is 1.38 bits per heavy atom. The first-order valence-corrected chi connectivity index (χ1v) is 10.9. The first kappa shape index (κ1) is 26.6. The highest BCUT2D eigenvalue weighted by Crippen LogP contribution is 2.22. The van der Waals surface area contributed by atoms with E-state index in [0.29, 0.717) is 0 Å². The third-order valence-corrected chi connectivity index (χ3v) is 4.45. The molecule has 0 saturated carbocycles. The van der Waals surface area contributed by atoms with E-state index in [9.17, 15) is 0 Å². The summed E-state index contributed by atoms with van der Waals surface area (Å²) in [7, 11) is 1.79. The predicted molar refractivity (Wildman–Crippen MR) is 128 cm³/mol. The Balaban J connectivity index is 0.00000143. The zero-order chi connectivity index (χ0) is 22.1. The SMILES string of the molecule is C/C=C\C/C=C(\Cc1ncc2nc(C)nn2c1CCC)SC=NC.C=CN.CC. The number of hydrogen-bond acceptors (Lipinski definition) is 6. The second kappa shape index (κ2) is 16.5. The van der Waals surface area contributed by atoms with Gasteiger partial charge in [-0.15, -0.1) is 0 Å². The number of allylic oxidation sites excluding steroid dienone is 4. The summed E-state index contributed by atoms with van der Waals surface area (Å²) in [5.41, 5.74) is 9.53. The van der Waals surface area contributed by atoms with Gasteiger partial charge in [0.15, 0.2) is 5.65 Å². The lowest BCUT2D eigenvalue weighted by Gasteiger charge is -2.10. The molecule has 0 atom stereocenters. The van der Waals surface area contributed by atoms with Gasteiger partial charge in [-0.1, -0.05) is 63.8 Å². The zero-order valence-electron chi connectivity index (χ0n) is 18.7. The van der Waals surface area contributed by atoms with Crippen molar-refractivity contribution in [1.29, 1.82) is 0 Å². The van der Waals surface area contributed by atoms with E-state index in [-0.39, 0.29) is 0 Å². The maximum absolute atomic E-state index is 4.67. The van der Waals surface area contributed by atoms with Crippen LogP contribution in [-0.4, -0.2) is 32.2 Å². The molecule has 29 heavy (non-hydrogen) atoms. The summed E-state index contributed by atoms with van der Waals surface area (Å²) < 4.78 is 1.95. The quantitative estimate of drug-likeness (QED) is 0.359. The summed E-state index contributed by atoms with van der Waals surface area (Å²) in [6.07, 6.45) is 13.2. The van der Waals surface area contributed by atoms with Crippen LogP contribution in [0.2, 0.25) is 0 Å². The molecular formula is C22H36N6S. The van der Waals surface area contributed by atoms with Gasteiger partial charge in [0.05, 0.1) is 23.1 Å². The number of rotatable bonds is 8. The largest absolute Gasteiger partial charge is 0.405 e. The van der Waals surface area contributed by atoms with Crippen LogP contribution in [0.1, 0.15) is 57.7 Å². The number of hydrogen-bond donors (Lipinski definition) is 1.